The predicted octanol–water partition coefficient (Wildman–Crippen LogP) is 3.05. The Morgan fingerprint density at radius 1 is 1.10 bits per heavy atom. The molecule has 0 bridgehead atoms. The van der Waals surface area contributed by atoms with Crippen LogP contribution in [0, 0.1) is 0 Å². The molecule has 4 rings (SSSR count). The van der Waals surface area contributed by atoms with Gasteiger partial charge in [0.15, 0.2) is 5.82 Å². The van der Waals surface area contributed by atoms with Gasteiger partial charge in [-0.3, -0.25) is 4.68 Å². The minimum atomic E-state index is 0.0535. The SMILES string of the molecule is CCl.Cn1nccc1-c1cc2c(ccn2C)nc1CNc1nc(N)nc(N)c1Cl. The van der Waals surface area contributed by atoms with Crippen molar-refractivity contribution in [3.8, 4) is 11.3 Å². The molecule has 0 radical (unpaired) electrons. The molecule has 0 atom stereocenters. The number of rotatable bonds is 4. The highest BCUT2D eigenvalue weighted by molar-refractivity contribution is 6.35. The lowest BCUT2D eigenvalue weighted by atomic mass is 10.1. The molecule has 0 aliphatic rings. The maximum absolute atomic E-state index is 6.19. The van der Waals surface area contributed by atoms with Gasteiger partial charge in [0.25, 0.3) is 0 Å². The van der Waals surface area contributed by atoms with E-state index in [1.54, 1.807) is 6.20 Å². The number of hydrogen-bond acceptors (Lipinski definition) is 7. The molecule has 11 heteroatoms. The highest BCUT2D eigenvalue weighted by atomic mass is 35.5. The lowest BCUT2D eigenvalue weighted by Crippen LogP contribution is -2.10. The monoisotopic (exact) mass is 433 g/mol. The van der Waals surface area contributed by atoms with E-state index in [1.807, 2.05) is 41.7 Å². The van der Waals surface area contributed by atoms with Gasteiger partial charge in [0.1, 0.15) is 10.8 Å². The van der Waals surface area contributed by atoms with Crippen molar-refractivity contribution in [2.24, 2.45) is 14.1 Å². The van der Waals surface area contributed by atoms with E-state index >= 15 is 0 Å². The topological polar surface area (TPSA) is 125 Å². The van der Waals surface area contributed by atoms with E-state index in [4.69, 9.17) is 28.1 Å². The van der Waals surface area contributed by atoms with Gasteiger partial charge in [-0.15, -0.1) is 11.6 Å². The molecule has 0 saturated carbocycles. The van der Waals surface area contributed by atoms with Crippen LogP contribution in [0.3, 0.4) is 0 Å². The van der Waals surface area contributed by atoms with E-state index in [2.05, 4.69) is 38.1 Å². The van der Waals surface area contributed by atoms with Gasteiger partial charge in [0, 0.05) is 38.4 Å². The standard InChI is InChI=1S/C17H18ClN9.CH3Cl/c1-26-6-4-10-13(26)7-9(12-3-5-22-27(12)2)11(23-10)8-21-16-14(18)15(19)24-17(20)25-16;1-2/h3-7H,8H2,1-2H3,(H5,19,20,21,24,25);1H3. The van der Waals surface area contributed by atoms with Gasteiger partial charge < -0.3 is 21.4 Å². The van der Waals surface area contributed by atoms with E-state index < -0.39 is 0 Å². The third kappa shape index (κ3) is 4.06. The number of aryl methyl sites for hydroxylation is 2. The van der Waals surface area contributed by atoms with Crippen LogP contribution >= 0.6 is 23.2 Å². The Labute approximate surface area is 177 Å². The zero-order valence-corrected chi connectivity index (χ0v) is 17.7. The Hall–Kier alpha value is -3.04. The highest BCUT2D eigenvalue weighted by Crippen LogP contribution is 2.29. The highest BCUT2D eigenvalue weighted by Gasteiger charge is 2.15. The first kappa shape index (κ1) is 20.7. The molecule has 0 fully saturated rings. The van der Waals surface area contributed by atoms with Crippen LogP contribution in [0.1, 0.15) is 5.69 Å². The summed E-state index contributed by atoms with van der Waals surface area (Å²) in [7, 11) is 3.88. The van der Waals surface area contributed by atoms with Gasteiger partial charge in [-0.1, -0.05) is 11.6 Å². The Morgan fingerprint density at radius 3 is 2.55 bits per heavy atom. The summed E-state index contributed by atoms with van der Waals surface area (Å²) in [5.74, 6) is 0.551. The molecule has 5 N–H and O–H groups in total. The molecule has 4 aromatic heterocycles. The summed E-state index contributed by atoms with van der Waals surface area (Å²) in [6.45, 7) is 0.376. The lowest BCUT2D eigenvalue weighted by molar-refractivity contribution is 0.774. The van der Waals surface area contributed by atoms with Crippen molar-refractivity contribution in [1.82, 2.24) is 29.3 Å². The molecule has 0 unspecified atom stereocenters. The molecule has 9 nitrogen and oxygen atoms in total. The van der Waals surface area contributed by atoms with Gasteiger partial charge in [0.05, 0.1) is 29.0 Å². The Balaban J connectivity index is 0.00000117. The fourth-order valence-corrected chi connectivity index (χ4v) is 3.14. The van der Waals surface area contributed by atoms with Crippen molar-refractivity contribution in [1.29, 1.82) is 0 Å². The van der Waals surface area contributed by atoms with Crippen LogP contribution in [0.25, 0.3) is 22.3 Å². The number of aromatic nitrogens is 6. The third-order valence-corrected chi connectivity index (χ3v) is 4.73. The van der Waals surface area contributed by atoms with Crippen LogP contribution < -0.4 is 16.8 Å². The molecule has 0 aromatic carbocycles. The molecule has 0 amide bonds. The number of nitrogens with zero attached hydrogens (tertiary/aromatic N) is 6. The van der Waals surface area contributed by atoms with Gasteiger partial charge >= 0.3 is 0 Å². The van der Waals surface area contributed by atoms with E-state index in [9.17, 15) is 0 Å². The van der Waals surface area contributed by atoms with Crippen LogP contribution in [-0.4, -0.2) is 35.7 Å². The number of pyridine rings is 1. The molecule has 0 aliphatic heterocycles. The molecule has 152 valence electrons. The molecule has 0 spiro atoms. The normalized spacial score (nSPS) is 10.7. The van der Waals surface area contributed by atoms with Crippen molar-refractivity contribution < 1.29 is 0 Å². The maximum atomic E-state index is 6.19. The van der Waals surface area contributed by atoms with Crippen molar-refractivity contribution in [2.75, 3.05) is 23.2 Å². The second-order valence-electron chi connectivity index (χ2n) is 6.14. The van der Waals surface area contributed by atoms with Gasteiger partial charge in [-0.25, -0.2) is 4.98 Å². The minimum Gasteiger partial charge on any atom is -0.382 e. The summed E-state index contributed by atoms with van der Waals surface area (Å²) in [4.78, 5) is 12.8. The number of halogens is 2. The second kappa shape index (κ2) is 8.54. The zero-order valence-electron chi connectivity index (χ0n) is 16.2. The van der Waals surface area contributed by atoms with E-state index in [1.165, 1.54) is 6.38 Å². The number of alkyl halides is 1. The van der Waals surface area contributed by atoms with E-state index in [0.717, 1.165) is 28.0 Å². The number of anilines is 3. The van der Waals surface area contributed by atoms with Crippen LogP contribution in [0.5, 0.6) is 0 Å². The first-order valence-corrected chi connectivity index (χ1v) is 9.71. The van der Waals surface area contributed by atoms with Crippen molar-refractivity contribution in [3.63, 3.8) is 0 Å². The fourth-order valence-electron chi connectivity index (χ4n) is 2.99. The van der Waals surface area contributed by atoms with E-state index in [0.29, 0.717) is 12.4 Å². The second-order valence-corrected chi connectivity index (χ2v) is 6.51. The first-order chi connectivity index (χ1) is 13.9. The molecule has 29 heavy (non-hydrogen) atoms. The van der Waals surface area contributed by atoms with Gasteiger partial charge in [0.2, 0.25) is 5.95 Å². The summed E-state index contributed by atoms with van der Waals surface area (Å²) in [5, 5.41) is 7.66. The van der Waals surface area contributed by atoms with E-state index in [-0.39, 0.29) is 16.8 Å². The lowest BCUT2D eigenvalue weighted by Gasteiger charge is -2.13. The summed E-state index contributed by atoms with van der Waals surface area (Å²) in [5.41, 5.74) is 16.1. The van der Waals surface area contributed by atoms with Crippen molar-refractivity contribution in [3.05, 3.63) is 41.3 Å². The summed E-state index contributed by atoms with van der Waals surface area (Å²) in [6, 6.07) is 6.02. The predicted molar refractivity (Wildman–Crippen MR) is 118 cm³/mol. The molecule has 4 aromatic rings. The summed E-state index contributed by atoms with van der Waals surface area (Å²) < 4.78 is 3.84. The Morgan fingerprint density at radius 2 is 1.86 bits per heavy atom. The van der Waals surface area contributed by atoms with Gasteiger partial charge in [-0.2, -0.15) is 15.1 Å². The van der Waals surface area contributed by atoms with Crippen LogP contribution in [0.2, 0.25) is 5.02 Å². The van der Waals surface area contributed by atoms with Crippen LogP contribution in [-0.2, 0) is 20.6 Å². The molecular weight excluding hydrogens is 413 g/mol. The number of fused-ring (bicyclic) bond motifs is 1. The quantitative estimate of drug-likeness (QED) is 0.422. The summed E-state index contributed by atoms with van der Waals surface area (Å²) in [6.07, 6.45) is 5.20. The minimum absolute atomic E-state index is 0.0535. The number of nitrogens with one attached hydrogen (secondary N) is 1. The summed E-state index contributed by atoms with van der Waals surface area (Å²) >= 11 is 10.8. The third-order valence-electron chi connectivity index (χ3n) is 4.36. The zero-order chi connectivity index (χ0) is 21.1. The molecule has 4 heterocycles. The average molecular weight is 434 g/mol. The Bertz CT molecular complexity index is 1150. The van der Waals surface area contributed by atoms with Crippen LogP contribution in [0.4, 0.5) is 17.6 Å². The average Bonchev–Trinajstić information content (AvgIpc) is 3.29. The maximum Gasteiger partial charge on any atom is 0.224 e. The number of nitrogens with two attached hydrogens (primary N) is 2. The molecule has 0 aliphatic carbocycles. The van der Waals surface area contributed by atoms with Crippen molar-refractivity contribution in [2.45, 2.75) is 6.54 Å². The number of hydrogen-bond donors (Lipinski definition) is 3. The molecular formula is C18H21Cl2N9. The number of nitrogen functional groups attached to an aromatic ring is 2. The smallest absolute Gasteiger partial charge is 0.224 e. The Kier molecular flexibility index (Phi) is 6.09. The largest absolute Gasteiger partial charge is 0.382 e. The van der Waals surface area contributed by atoms with Gasteiger partial charge in [-0.05, 0) is 18.2 Å². The first-order valence-electron chi connectivity index (χ1n) is 8.57. The van der Waals surface area contributed by atoms with Crippen molar-refractivity contribution >= 4 is 51.8 Å². The molecule has 0 saturated heterocycles. The van der Waals surface area contributed by atoms with Crippen LogP contribution in [0.15, 0.2) is 30.6 Å². The fraction of sp³-hybridized carbons (Fsp3) is 0.222.